The average molecular weight is 357 g/mol. The van der Waals surface area contributed by atoms with E-state index in [4.69, 9.17) is 14.2 Å². The first-order valence-electron chi connectivity index (χ1n) is 8.27. The highest BCUT2D eigenvalue weighted by molar-refractivity contribution is 5.97. The largest absolute Gasteiger partial charge is 0.496 e. The minimum absolute atomic E-state index is 0.264. The van der Waals surface area contributed by atoms with Crippen LogP contribution in [-0.2, 0) is 9.53 Å². The minimum atomic E-state index is -0.612. The van der Waals surface area contributed by atoms with Gasteiger partial charge < -0.3 is 19.1 Å². The molecule has 0 atom stereocenters. The van der Waals surface area contributed by atoms with Crippen molar-refractivity contribution < 1.29 is 23.8 Å². The number of hydrogen-bond donors (Lipinski definition) is 0. The smallest absolute Gasteiger partial charge is 0.338 e. The highest BCUT2D eigenvalue weighted by Crippen LogP contribution is 2.29. The first-order valence-corrected chi connectivity index (χ1v) is 8.27. The van der Waals surface area contributed by atoms with E-state index in [9.17, 15) is 9.59 Å². The number of carbonyl (C=O) groups is 2. The van der Waals surface area contributed by atoms with Gasteiger partial charge in [0, 0.05) is 17.8 Å². The van der Waals surface area contributed by atoms with Gasteiger partial charge in [0.1, 0.15) is 11.5 Å². The summed E-state index contributed by atoms with van der Waals surface area (Å²) in [5.41, 5.74) is 1.80. The molecule has 2 aromatic rings. The summed E-state index contributed by atoms with van der Waals surface area (Å²) >= 11 is 0. The highest BCUT2D eigenvalue weighted by Gasteiger charge is 2.19. The van der Waals surface area contributed by atoms with Crippen LogP contribution in [0.25, 0.3) is 0 Å². The van der Waals surface area contributed by atoms with Crippen molar-refractivity contribution in [2.45, 2.75) is 13.8 Å². The van der Waals surface area contributed by atoms with Gasteiger partial charge in [-0.25, -0.2) is 4.79 Å². The summed E-state index contributed by atoms with van der Waals surface area (Å²) in [7, 11) is 3.03. The Kier molecular flexibility index (Phi) is 6.60. The Morgan fingerprint density at radius 3 is 2.08 bits per heavy atom. The molecule has 0 bridgehead atoms. The second-order valence-corrected chi connectivity index (χ2v) is 5.56. The lowest BCUT2D eigenvalue weighted by atomic mass is 10.1. The van der Waals surface area contributed by atoms with Gasteiger partial charge in [-0.3, -0.25) is 4.79 Å². The molecular formula is C20H23NO5. The second kappa shape index (κ2) is 8.89. The van der Waals surface area contributed by atoms with E-state index < -0.39 is 5.97 Å². The molecule has 6 nitrogen and oxygen atoms in total. The van der Waals surface area contributed by atoms with E-state index in [0.717, 1.165) is 11.3 Å². The number of nitrogens with zero attached hydrogens (tertiary/aromatic N) is 1. The van der Waals surface area contributed by atoms with Crippen LogP contribution in [0, 0.1) is 6.92 Å². The van der Waals surface area contributed by atoms with Crippen LogP contribution in [0.3, 0.4) is 0 Å². The van der Waals surface area contributed by atoms with E-state index in [-0.39, 0.29) is 18.1 Å². The molecule has 0 radical (unpaired) electrons. The zero-order chi connectivity index (χ0) is 19.1. The zero-order valence-corrected chi connectivity index (χ0v) is 15.4. The van der Waals surface area contributed by atoms with Crippen molar-refractivity contribution in [1.29, 1.82) is 0 Å². The van der Waals surface area contributed by atoms with Crippen LogP contribution in [0.15, 0.2) is 42.5 Å². The molecule has 1 amide bonds. The number of hydrogen-bond acceptors (Lipinski definition) is 5. The maximum absolute atomic E-state index is 12.4. The highest BCUT2D eigenvalue weighted by atomic mass is 16.5. The molecule has 6 heteroatoms. The summed E-state index contributed by atoms with van der Waals surface area (Å²) in [4.78, 5) is 26.3. The zero-order valence-electron chi connectivity index (χ0n) is 15.4. The fourth-order valence-corrected chi connectivity index (χ4v) is 2.60. The number of likely N-dealkylation sites (N-methyl/N-ethyl adjacent to an activating group) is 1. The monoisotopic (exact) mass is 357 g/mol. The van der Waals surface area contributed by atoms with Gasteiger partial charge in [-0.05, 0) is 38.1 Å². The maximum atomic E-state index is 12.4. The Balaban J connectivity index is 2.09. The third kappa shape index (κ3) is 4.33. The molecule has 2 rings (SSSR count). The number of ether oxygens (including phenoxy) is 3. The van der Waals surface area contributed by atoms with Crippen molar-refractivity contribution in [3.63, 3.8) is 0 Å². The SMILES string of the molecule is CCN(C(=O)COC(=O)c1cc(OC)c(C)c(OC)c1)c1ccccc1. The summed E-state index contributed by atoms with van der Waals surface area (Å²) in [6.45, 7) is 3.82. The van der Waals surface area contributed by atoms with Crippen molar-refractivity contribution in [2.75, 3.05) is 32.3 Å². The topological polar surface area (TPSA) is 65.1 Å². The Hall–Kier alpha value is -3.02. The molecule has 0 N–H and O–H groups in total. The van der Waals surface area contributed by atoms with Gasteiger partial charge in [0.2, 0.25) is 0 Å². The molecule has 2 aromatic carbocycles. The number of benzene rings is 2. The lowest BCUT2D eigenvalue weighted by Crippen LogP contribution is -2.34. The van der Waals surface area contributed by atoms with Crippen molar-refractivity contribution in [3.8, 4) is 11.5 Å². The summed E-state index contributed by atoms with van der Waals surface area (Å²) in [6.07, 6.45) is 0. The Morgan fingerprint density at radius 1 is 1.00 bits per heavy atom. The number of para-hydroxylation sites is 1. The molecule has 0 heterocycles. The Bertz CT molecular complexity index is 748. The number of carbonyl (C=O) groups excluding carboxylic acids is 2. The van der Waals surface area contributed by atoms with Crippen LogP contribution >= 0.6 is 0 Å². The molecule has 0 aliphatic heterocycles. The van der Waals surface area contributed by atoms with Crippen LogP contribution in [0.2, 0.25) is 0 Å². The summed E-state index contributed by atoms with van der Waals surface area (Å²) in [5, 5.41) is 0. The third-order valence-corrected chi connectivity index (χ3v) is 4.00. The first kappa shape index (κ1) is 19.3. The molecular weight excluding hydrogens is 334 g/mol. The number of anilines is 1. The van der Waals surface area contributed by atoms with Gasteiger partial charge in [0.05, 0.1) is 19.8 Å². The standard InChI is InChI=1S/C20H23NO5/c1-5-21(16-9-7-6-8-10-16)19(22)13-26-20(23)15-11-17(24-3)14(2)18(12-15)25-4/h6-12H,5,13H2,1-4H3. The van der Waals surface area contributed by atoms with E-state index in [0.29, 0.717) is 18.0 Å². The number of rotatable bonds is 7. The molecule has 0 saturated heterocycles. The number of methoxy groups -OCH3 is 2. The van der Waals surface area contributed by atoms with Gasteiger partial charge >= 0.3 is 5.97 Å². The predicted molar refractivity (Wildman–Crippen MR) is 99.0 cm³/mol. The van der Waals surface area contributed by atoms with Gasteiger partial charge in [-0.2, -0.15) is 0 Å². The van der Waals surface area contributed by atoms with Gasteiger partial charge in [0.25, 0.3) is 5.91 Å². The van der Waals surface area contributed by atoms with Crippen LogP contribution in [0.4, 0.5) is 5.69 Å². The van der Waals surface area contributed by atoms with Crippen molar-refractivity contribution in [1.82, 2.24) is 0 Å². The Morgan fingerprint density at radius 2 is 1.58 bits per heavy atom. The summed E-state index contributed by atoms with van der Waals surface area (Å²) in [5.74, 6) is 0.126. The predicted octanol–water partition coefficient (Wildman–Crippen LogP) is 3.22. The maximum Gasteiger partial charge on any atom is 0.338 e. The molecule has 0 fully saturated rings. The second-order valence-electron chi connectivity index (χ2n) is 5.56. The molecule has 0 aromatic heterocycles. The van der Waals surface area contributed by atoms with Gasteiger partial charge in [-0.15, -0.1) is 0 Å². The van der Waals surface area contributed by atoms with Crippen LogP contribution in [-0.4, -0.2) is 39.2 Å². The van der Waals surface area contributed by atoms with Crippen molar-refractivity contribution >= 4 is 17.6 Å². The molecule has 138 valence electrons. The average Bonchev–Trinajstić information content (AvgIpc) is 2.67. The van der Waals surface area contributed by atoms with Crippen molar-refractivity contribution in [2.24, 2.45) is 0 Å². The fourth-order valence-electron chi connectivity index (χ4n) is 2.60. The van der Waals surface area contributed by atoms with Crippen LogP contribution in [0.1, 0.15) is 22.8 Å². The molecule has 0 spiro atoms. The van der Waals surface area contributed by atoms with E-state index in [1.165, 1.54) is 14.2 Å². The fraction of sp³-hybridized carbons (Fsp3) is 0.300. The number of esters is 1. The van der Waals surface area contributed by atoms with E-state index in [1.54, 1.807) is 17.0 Å². The first-order chi connectivity index (χ1) is 12.5. The molecule has 0 saturated carbocycles. The van der Waals surface area contributed by atoms with Gasteiger partial charge in [0.15, 0.2) is 6.61 Å². The third-order valence-electron chi connectivity index (χ3n) is 4.00. The minimum Gasteiger partial charge on any atom is -0.496 e. The van der Waals surface area contributed by atoms with E-state index in [1.807, 2.05) is 44.2 Å². The van der Waals surface area contributed by atoms with Crippen LogP contribution < -0.4 is 14.4 Å². The molecule has 0 unspecified atom stereocenters. The Labute approximate surface area is 153 Å². The van der Waals surface area contributed by atoms with Gasteiger partial charge in [-0.1, -0.05) is 18.2 Å². The molecule has 0 aliphatic rings. The van der Waals surface area contributed by atoms with Crippen LogP contribution in [0.5, 0.6) is 11.5 Å². The molecule has 0 aliphatic carbocycles. The van der Waals surface area contributed by atoms with E-state index in [2.05, 4.69) is 0 Å². The lowest BCUT2D eigenvalue weighted by Gasteiger charge is -2.20. The normalized spacial score (nSPS) is 10.2. The quantitative estimate of drug-likeness (QED) is 0.712. The van der Waals surface area contributed by atoms with E-state index >= 15 is 0 Å². The summed E-state index contributed by atoms with van der Waals surface area (Å²) < 4.78 is 15.7. The summed E-state index contributed by atoms with van der Waals surface area (Å²) in [6, 6.07) is 12.4. The number of amides is 1. The van der Waals surface area contributed by atoms with Crippen molar-refractivity contribution in [3.05, 3.63) is 53.6 Å². The lowest BCUT2D eigenvalue weighted by molar-refractivity contribution is -0.121. The molecule has 26 heavy (non-hydrogen) atoms.